The van der Waals surface area contributed by atoms with E-state index in [0.717, 1.165) is 30.4 Å². The molecule has 1 N–H and O–H groups in total. The largest absolute Gasteiger partial charge is 0.493 e. The van der Waals surface area contributed by atoms with Gasteiger partial charge in [-0.3, -0.25) is 9.59 Å². The Balaban J connectivity index is 1.62. The van der Waals surface area contributed by atoms with Crippen molar-refractivity contribution >= 4 is 17.5 Å². The molecule has 1 unspecified atom stereocenters. The zero-order chi connectivity index (χ0) is 21.3. The number of fused-ring (bicyclic) bond motifs is 1. The van der Waals surface area contributed by atoms with Gasteiger partial charge in [-0.25, -0.2) is 0 Å². The van der Waals surface area contributed by atoms with E-state index in [2.05, 4.69) is 12.2 Å². The summed E-state index contributed by atoms with van der Waals surface area (Å²) in [4.78, 5) is 27.6. The number of nitrogens with zero attached hydrogens (tertiary/aromatic N) is 1. The summed E-state index contributed by atoms with van der Waals surface area (Å²) >= 11 is 0. The summed E-state index contributed by atoms with van der Waals surface area (Å²) in [6.07, 6.45) is 2.62. The van der Waals surface area contributed by atoms with E-state index in [-0.39, 0.29) is 23.8 Å². The molecule has 1 atom stereocenters. The van der Waals surface area contributed by atoms with Crippen molar-refractivity contribution in [3.8, 4) is 11.5 Å². The molecular weight excluding hydrogens is 380 g/mol. The zero-order valence-electron chi connectivity index (χ0n) is 17.7. The third-order valence-corrected chi connectivity index (χ3v) is 5.81. The SMILES string of the molecule is CCOc1cc(C(CC)N2Cc3cccc(NC(=O)C4CC4)c3C2=O)ccc1OC. The summed E-state index contributed by atoms with van der Waals surface area (Å²) in [5, 5.41) is 2.97. The second-order valence-electron chi connectivity index (χ2n) is 7.80. The van der Waals surface area contributed by atoms with Gasteiger partial charge in [0, 0.05) is 12.5 Å². The standard InChI is InChI=1S/C24H28N2O4/c1-4-19(16-11-12-20(29-3)21(13-16)30-5-2)26-14-17-7-6-8-18(22(17)24(26)28)25-23(27)15-9-10-15/h6-8,11-13,15,19H,4-5,9-10,14H2,1-3H3,(H,25,27). The predicted octanol–water partition coefficient (Wildman–Crippen LogP) is 4.55. The highest BCUT2D eigenvalue weighted by Crippen LogP contribution is 2.39. The van der Waals surface area contributed by atoms with E-state index in [0.29, 0.717) is 35.9 Å². The molecule has 158 valence electrons. The minimum Gasteiger partial charge on any atom is -0.493 e. The molecular formula is C24H28N2O4. The minimum atomic E-state index is -0.0954. The number of benzene rings is 2. The third-order valence-electron chi connectivity index (χ3n) is 5.81. The van der Waals surface area contributed by atoms with Crippen LogP contribution < -0.4 is 14.8 Å². The van der Waals surface area contributed by atoms with Crippen molar-refractivity contribution in [3.05, 3.63) is 53.1 Å². The van der Waals surface area contributed by atoms with Gasteiger partial charge in [0.15, 0.2) is 11.5 Å². The number of hydrogen-bond acceptors (Lipinski definition) is 4. The topological polar surface area (TPSA) is 67.9 Å². The normalized spacial score (nSPS) is 16.2. The van der Waals surface area contributed by atoms with Crippen LogP contribution in [0.15, 0.2) is 36.4 Å². The lowest BCUT2D eigenvalue weighted by molar-refractivity contribution is -0.117. The Morgan fingerprint density at radius 3 is 2.67 bits per heavy atom. The smallest absolute Gasteiger partial charge is 0.257 e. The number of anilines is 1. The first kappa shape index (κ1) is 20.3. The summed E-state index contributed by atoms with van der Waals surface area (Å²) in [6.45, 7) is 5.06. The monoisotopic (exact) mass is 408 g/mol. The maximum absolute atomic E-state index is 13.4. The summed E-state index contributed by atoms with van der Waals surface area (Å²) in [7, 11) is 1.62. The van der Waals surface area contributed by atoms with Crippen molar-refractivity contribution in [1.82, 2.24) is 4.90 Å². The molecule has 0 bridgehead atoms. The van der Waals surface area contributed by atoms with Crippen LogP contribution in [0.4, 0.5) is 5.69 Å². The van der Waals surface area contributed by atoms with Crippen LogP contribution in [0.1, 0.15) is 60.6 Å². The molecule has 0 aromatic heterocycles. The highest BCUT2D eigenvalue weighted by Gasteiger charge is 2.36. The lowest BCUT2D eigenvalue weighted by Crippen LogP contribution is -2.29. The molecule has 4 rings (SSSR count). The number of methoxy groups -OCH3 is 1. The van der Waals surface area contributed by atoms with Gasteiger partial charge in [-0.1, -0.05) is 25.1 Å². The van der Waals surface area contributed by atoms with E-state index >= 15 is 0 Å². The number of carbonyl (C=O) groups is 2. The average molecular weight is 408 g/mol. The molecule has 6 heteroatoms. The Morgan fingerprint density at radius 1 is 1.20 bits per heavy atom. The highest BCUT2D eigenvalue weighted by molar-refractivity contribution is 6.07. The average Bonchev–Trinajstić information content (AvgIpc) is 3.54. The summed E-state index contributed by atoms with van der Waals surface area (Å²) in [5.41, 5.74) is 3.19. The second-order valence-corrected chi connectivity index (χ2v) is 7.80. The fraction of sp³-hybridized carbons (Fsp3) is 0.417. The molecule has 2 aromatic rings. The Hall–Kier alpha value is -3.02. The van der Waals surface area contributed by atoms with Crippen molar-refractivity contribution in [3.63, 3.8) is 0 Å². The molecule has 2 aromatic carbocycles. The van der Waals surface area contributed by atoms with Crippen LogP contribution in [0.3, 0.4) is 0 Å². The first-order chi connectivity index (χ1) is 14.6. The number of hydrogen-bond donors (Lipinski definition) is 1. The van der Waals surface area contributed by atoms with E-state index in [1.165, 1.54) is 0 Å². The Kier molecular flexibility index (Phi) is 5.66. The molecule has 1 heterocycles. The van der Waals surface area contributed by atoms with Gasteiger partial charge < -0.3 is 19.7 Å². The summed E-state index contributed by atoms with van der Waals surface area (Å²) in [6, 6.07) is 11.4. The minimum absolute atomic E-state index is 0.0122. The van der Waals surface area contributed by atoms with Gasteiger partial charge in [0.25, 0.3) is 5.91 Å². The van der Waals surface area contributed by atoms with Gasteiger partial charge in [0.05, 0.1) is 31.0 Å². The van der Waals surface area contributed by atoms with Crippen LogP contribution in [0, 0.1) is 5.92 Å². The molecule has 30 heavy (non-hydrogen) atoms. The fourth-order valence-electron chi connectivity index (χ4n) is 4.12. The quantitative estimate of drug-likeness (QED) is 0.696. The Bertz CT molecular complexity index is 968. The van der Waals surface area contributed by atoms with E-state index < -0.39 is 0 Å². The van der Waals surface area contributed by atoms with Crippen molar-refractivity contribution < 1.29 is 19.1 Å². The van der Waals surface area contributed by atoms with Gasteiger partial charge in [0.1, 0.15) is 0 Å². The molecule has 0 spiro atoms. The summed E-state index contributed by atoms with van der Waals surface area (Å²) < 4.78 is 11.1. The van der Waals surface area contributed by atoms with Crippen molar-refractivity contribution in [2.45, 2.75) is 45.7 Å². The number of rotatable bonds is 8. The Morgan fingerprint density at radius 2 is 2.00 bits per heavy atom. The van der Waals surface area contributed by atoms with Gasteiger partial charge in [0.2, 0.25) is 5.91 Å². The van der Waals surface area contributed by atoms with Gasteiger partial charge in [-0.15, -0.1) is 0 Å². The lowest BCUT2D eigenvalue weighted by atomic mass is 10.0. The van der Waals surface area contributed by atoms with Gasteiger partial charge in [-0.05, 0) is 55.5 Å². The van der Waals surface area contributed by atoms with Crippen LogP contribution in [-0.4, -0.2) is 30.4 Å². The fourth-order valence-corrected chi connectivity index (χ4v) is 4.12. The maximum Gasteiger partial charge on any atom is 0.257 e. The van der Waals surface area contributed by atoms with Crippen LogP contribution >= 0.6 is 0 Å². The maximum atomic E-state index is 13.4. The molecule has 0 saturated heterocycles. The van der Waals surface area contributed by atoms with Gasteiger partial charge >= 0.3 is 0 Å². The van der Waals surface area contributed by atoms with E-state index in [1.807, 2.05) is 48.2 Å². The Labute approximate surface area is 177 Å². The first-order valence-electron chi connectivity index (χ1n) is 10.6. The lowest BCUT2D eigenvalue weighted by Gasteiger charge is -2.28. The predicted molar refractivity (Wildman–Crippen MR) is 115 cm³/mol. The number of carbonyl (C=O) groups excluding carboxylic acids is 2. The molecule has 6 nitrogen and oxygen atoms in total. The van der Waals surface area contributed by atoms with E-state index in [4.69, 9.17) is 9.47 Å². The zero-order valence-corrected chi connectivity index (χ0v) is 17.7. The molecule has 2 aliphatic rings. The van der Waals surface area contributed by atoms with E-state index in [1.54, 1.807) is 7.11 Å². The highest BCUT2D eigenvalue weighted by atomic mass is 16.5. The number of nitrogens with one attached hydrogen (secondary N) is 1. The summed E-state index contributed by atoms with van der Waals surface area (Å²) in [5.74, 6) is 1.41. The van der Waals surface area contributed by atoms with Crippen molar-refractivity contribution in [2.24, 2.45) is 5.92 Å². The van der Waals surface area contributed by atoms with Crippen molar-refractivity contribution in [1.29, 1.82) is 0 Å². The molecule has 1 fully saturated rings. The molecule has 2 amide bonds. The third kappa shape index (κ3) is 3.74. The van der Waals surface area contributed by atoms with Crippen molar-refractivity contribution in [2.75, 3.05) is 19.0 Å². The molecule has 0 radical (unpaired) electrons. The van der Waals surface area contributed by atoms with Crippen LogP contribution in [-0.2, 0) is 11.3 Å². The van der Waals surface area contributed by atoms with E-state index in [9.17, 15) is 9.59 Å². The van der Waals surface area contributed by atoms with Crippen LogP contribution in [0.5, 0.6) is 11.5 Å². The molecule has 1 aliphatic carbocycles. The molecule has 1 aliphatic heterocycles. The number of ether oxygens (including phenoxy) is 2. The molecule has 1 saturated carbocycles. The first-order valence-corrected chi connectivity index (χ1v) is 10.6. The van der Waals surface area contributed by atoms with Gasteiger partial charge in [-0.2, -0.15) is 0 Å². The number of amides is 2. The second kappa shape index (κ2) is 8.38. The van der Waals surface area contributed by atoms with Crippen LogP contribution in [0.25, 0.3) is 0 Å². The van der Waals surface area contributed by atoms with Crippen LogP contribution in [0.2, 0.25) is 0 Å².